The number of nitrogens with two attached hydrogens (primary N) is 1. The molecule has 10 nitrogen and oxygen atoms in total. The number of esters is 1. The van der Waals surface area contributed by atoms with Gasteiger partial charge in [-0.25, -0.2) is 19.6 Å². The van der Waals surface area contributed by atoms with Gasteiger partial charge in [-0.3, -0.25) is 0 Å². The molecule has 0 aliphatic carbocycles. The second kappa shape index (κ2) is 12.5. The van der Waals surface area contributed by atoms with Crippen LogP contribution in [0.2, 0.25) is 0 Å². The summed E-state index contributed by atoms with van der Waals surface area (Å²) >= 11 is 0. The number of hydrogen-bond donors (Lipinski definition) is 1. The number of carbonyl (C=O) groups is 2. The molecule has 214 valence electrons. The normalized spacial score (nSPS) is 11.7. The Hall–Kier alpha value is -5.25. The van der Waals surface area contributed by atoms with Gasteiger partial charge in [0.05, 0.1) is 13.2 Å². The summed E-state index contributed by atoms with van der Waals surface area (Å²) in [6.45, 7) is 6.41. The largest absolute Gasteiger partial charge is 0.461 e. The Labute approximate surface area is 242 Å². The molecule has 0 atom stereocenters. The lowest BCUT2D eigenvalue weighted by Crippen LogP contribution is -2.17. The third-order valence-corrected chi connectivity index (χ3v) is 6.44. The van der Waals surface area contributed by atoms with Crippen molar-refractivity contribution in [3.8, 4) is 11.8 Å². The van der Waals surface area contributed by atoms with Gasteiger partial charge in [0.2, 0.25) is 0 Å². The summed E-state index contributed by atoms with van der Waals surface area (Å²) in [4.78, 5) is 37.5. The molecule has 0 aliphatic rings. The van der Waals surface area contributed by atoms with Gasteiger partial charge in [0.25, 0.3) is 0 Å². The molecule has 2 aromatic heterocycles. The molecule has 0 saturated heterocycles. The van der Waals surface area contributed by atoms with Crippen LogP contribution in [0.25, 0.3) is 21.7 Å². The van der Waals surface area contributed by atoms with E-state index in [2.05, 4.69) is 15.0 Å². The van der Waals surface area contributed by atoms with Crippen molar-refractivity contribution >= 4 is 39.6 Å². The third-order valence-electron chi connectivity index (χ3n) is 6.44. The van der Waals surface area contributed by atoms with E-state index in [1.807, 2.05) is 60.9 Å². The van der Waals surface area contributed by atoms with E-state index in [4.69, 9.17) is 19.9 Å². The molecule has 5 aromatic rings. The Bertz CT molecular complexity index is 1780. The summed E-state index contributed by atoms with van der Waals surface area (Å²) in [5, 5.41) is 2.74. The van der Waals surface area contributed by atoms with Crippen molar-refractivity contribution in [3.05, 3.63) is 95.9 Å². The summed E-state index contributed by atoms with van der Waals surface area (Å²) < 4.78 is 18.4. The maximum atomic E-state index is 13.1. The van der Waals surface area contributed by atoms with Gasteiger partial charge >= 0.3 is 18.1 Å². The smallest absolute Gasteiger partial charge is 0.435 e. The van der Waals surface area contributed by atoms with E-state index in [9.17, 15) is 9.59 Å². The van der Waals surface area contributed by atoms with E-state index in [-0.39, 0.29) is 31.0 Å². The summed E-state index contributed by atoms with van der Waals surface area (Å²) in [7, 11) is 0. The van der Waals surface area contributed by atoms with Crippen LogP contribution in [0.4, 0.5) is 4.79 Å². The molecule has 0 saturated carbocycles. The first-order valence-corrected chi connectivity index (χ1v) is 13.6. The zero-order valence-corrected chi connectivity index (χ0v) is 23.6. The van der Waals surface area contributed by atoms with E-state index in [0.717, 1.165) is 21.7 Å². The highest BCUT2D eigenvalue weighted by Crippen LogP contribution is 2.31. The lowest BCUT2D eigenvalue weighted by Gasteiger charge is -2.15. The molecular formula is C32H31N5O5. The highest BCUT2D eigenvalue weighted by Gasteiger charge is 2.19. The number of amidine groups is 1. The van der Waals surface area contributed by atoms with Crippen molar-refractivity contribution in [2.24, 2.45) is 16.6 Å². The van der Waals surface area contributed by atoms with Crippen molar-refractivity contribution in [2.45, 2.75) is 27.3 Å². The number of amides is 1. The average Bonchev–Trinajstić information content (AvgIpc) is 3.34. The second-order valence-electron chi connectivity index (χ2n) is 10.0. The van der Waals surface area contributed by atoms with Crippen LogP contribution in [-0.2, 0) is 16.0 Å². The van der Waals surface area contributed by atoms with E-state index < -0.39 is 12.1 Å². The van der Waals surface area contributed by atoms with E-state index >= 15 is 0 Å². The fourth-order valence-electron chi connectivity index (χ4n) is 4.55. The standard InChI is InChI=1S/C32H31N5O5/c1-4-40-30(38)28-16-22-10-11-23(29(33)36-32(39)41-19-20(2)3)17-27(22)37(28)18-24-15-25(42-31-34-12-7-13-35-31)14-21-8-5-6-9-26(21)24/h5-17,20H,4,18-19H2,1-3H3,(H2,33,36,39). The van der Waals surface area contributed by atoms with Crippen molar-refractivity contribution in [1.29, 1.82) is 0 Å². The van der Waals surface area contributed by atoms with Gasteiger partial charge in [0, 0.05) is 35.4 Å². The lowest BCUT2D eigenvalue weighted by molar-refractivity contribution is 0.0515. The minimum absolute atomic E-state index is 0.0137. The van der Waals surface area contributed by atoms with Crippen LogP contribution in [0.3, 0.4) is 0 Å². The Morgan fingerprint density at radius 2 is 1.74 bits per heavy atom. The molecule has 0 fully saturated rings. The summed E-state index contributed by atoms with van der Waals surface area (Å²) in [5.74, 6) is 0.288. The lowest BCUT2D eigenvalue weighted by atomic mass is 10.0. The molecule has 0 unspecified atom stereocenters. The van der Waals surface area contributed by atoms with E-state index in [0.29, 0.717) is 29.1 Å². The highest BCUT2D eigenvalue weighted by molar-refractivity contribution is 6.05. The monoisotopic (exact) mass is 565 g/mol. The maximum absolute atomic E-state index is 13.1. The minimum Gasteiger partial charge on any atom is -0.461 e. The topological polar surface area (TPSA) is 131 Å². The van der Waals surface area contributed by atoms with Crippen LogP contribution in [0, 0.1) is 5.92 Å². The average molecular weight is 566 g/mol. The second-order valence-corrected chi connectivity index (χ2v) is 10.0. The van der Waals surface area contributed by atoms with E-state index in [1.54, 1.807) is 43.6 Å². The number of aromatic nitrogens is 3. The maximum Gasteiger partial charge on any atom is 0.435 e. The van der Waals surface area contributed by atoms with Crippen LogP contribution in [0.15, 0.2) is 84.1 Å². The number of aliphatic imine (C=N–C) groups is 1. The molecule has 1 amide bonds. The van der Waals surface area contributed by atoms with Gasteiger partial charge in [-0.2, -0.15) is 4.99 Å². The molecule has 10 heteroatoms. The van der Waals surface area contributed by atoms with Crippen LogP contribution >= 0.6 is 0 Å². The van der Waals surface area contributed by atoms with Gasteiger partial charge in [0.15, 0.2) is 0 Å². The molecule has 0 radical (unpaired) electrons. The number of hydrogen-bond acceptors (Lipinski definition) is 7. The zero-order valence-electron chi connectivity index (χ0n) is 23.6. The van der Waals surface area contributed by atoms with Crippen LogP contribution in [-0.4, -0.2) is 45.6 Å². The number of ether oxygens (including phenoxy) is 3. The molecule has 0 bridgehead atoms. The predicted molar refractivity (Wildman–Crippen MR) is 160 cm³/mol. The molecule has 2 heterocycles. The summed E-state index contributed by atoms with van der Waals surface area (Å²) in [6, 6.07) is 20.8. The van der Waals surface area contributed by atoms with Crippen LogP contribution < -0.4 is 10.5 Å². The van der Waals surface area contributed by atoms with Crippen molar-refractivity contribution in [3.63, 3.8) is 0 Å². The number of nitrogens with zero attached hydrogens (tertiary/aromatic N) is 4. The number of carbonyl (C=O) groups excluding carboxylic acids is 2. The molecule has 42 heavy (non-hydrogen) atoms. The third kappa shape index (κ3) is 6.38. The van der Waals surface area contributed by atoms with Crippen LogP contribution in [0.1, 0.15) is 42.4 Å². The first kappa shape index (κ1) is 28.3. The number of benzene rings is 3. The highest BCUT2D eigenvalue weighted by atomic mass is 16.5. The van der Waals surface area contributed by atoms with Crippen molar-refractivity contribution in [1.82, 2.24) is 14.5 Å². The van der Waals surface area contributed by atoms with Gasteiger partial charge in [-0.15, -0.1) is 0 Å². The minimum atomic E-state index is -0.755. The Balaban J connectivity index is 1.59. The van der Waals surface area contributed by atoms with Gasteiger partial charge in [-0.05, 0) is 59.5 Å². The van der Waals surface area contributed by atoms with Crippen molar-refractivity contribution in [2.75, 3.05) is 13.2 Å². The fraction of sp³-hybridized carbons (Fsp3) is 0.219. The zero-order chi connectivity index (χ0) is 29.6. The van der Waals surface area contributed by atoms with Gasteiger partial charge in [0.1, 0.15) is 17.3 Å². The Morgan fingerprint density at radius 1 is 0.952 bits per heavy atom. The van der Waals surface area contributed by atoms with E-state index in [1.165, 1.54) is 0 Å². The summed E-state index contributed by atoms with van der Waals surface area (Å²) in [5.41, 5.74) is 8.69. The molecular weight excluding hydrogens is 534 g/mol. The molecule has 2 N–H and O–H groups in total. The summed E-state index contributed by atoms with van der Waals surface area (Å²) in [6.07, 6.45) is 2.46. The van der Waals surface area contributed by atoms with Crippen LogP contribution in [0.5, 0.6) is 11.8 Å². The van der Waals surface area contributed by atoms with Crippen molar-refractivity contribution < 1.29 is 23.8 Å². The Kier molecular flexibility index (Phi) is 8.42. The molecule has 3 aromatic carbocycles. The number of rotatable bonds is 9. The first-order chi connectivity index (χ1) is 20.3. The molecule has 0 aliphatic heterocycles. The molecule has 0 spiro atoms. The SMILES string of the molecule is CCOC(=O)c1cc2ccc(/C(N)=N/C(=O)OCC(C)C)cc2n1Cc1cc(Oc2ncccn2)cc2ccccc12. The first-order valence-electron chi connectivity index (χ1n) is 13.6. The Morgan fingerprint density at radius 3 is 2.50 bits per heavy atom. The van der Waals surface area contributed by atoms with Gasteiger partial charge < -0.3 is 24.5 Å². The molecule has 5 rings (SSSR count). The fourth-order valence-corrected chi connectivity index (χ4v) is 4.55. The number of fused-ring (bicyclic) bond motifs is 2. The quantitative estimate of drug-likeness (QED) is 0.129. The van der Waals surface area contributed by atoms with Gasteiger partial charge in [-0.1, -0.05) is 50.2 Å². The predicted octanol–water partition coefficient (Wildman–Crippen LogP) is 6.10.